The molecule has 0 saturated carbocycles. The lowest BCUT2D eigenvalue weighted by Crippen LogP contribution is -2.22. The number of nitriles is 1. The molecule has 4 nitrogen and oxygen atoms in total. The Balaban J connectivity index is 2.76. The number of rotatable bonds is 4. The van der Waals surface area contributed by atoms with E-state index in [2.05, 4.69) is 18.8 Å². The molecule has 0 saturated heterocycles. The first-order valence-corrected chi connectivity index (χ1v) is 5.41. The van der Waals surface area contributed by atoms with Crippen LogP contribution in [0.15, 0.2) is 12.3 Å². The quantitative estimate of drug-likeness (QED) is 0.839. The Morgan fingerprint density at radius 1 is 1.56 bits per heavy atom. The Morgan fingerprint density at radius 2 is 2.25 bits per heavy atom. The summed E-state index contributed by atoms with van der Waals surface area (Å²) in [5, 5.41) is 8.71. The van der Waals surface area contributed by atoms with E-state index in [1.807, 2.05) is 18.0 Å². The molecule has 4 heteroatoms. The Labute approximate surface area is 96.7 Å². The number of nitrogens with two attached hydrogens (primary N) is 1. The lowest BCUT2D eigenvalue weighted by atomic mass is 10.1. The van der Waals surface area contributed by atoms with Crippen molar-refractivity contribution in [1.29, 1.82) is 5.26 Å². The van der Waals surface area contributed by atoms with Crippen LogP contribution < -0.4 is 10.6 Å². The standard InChI is InChI=1S/C12H18N4/c1-9(2)4-5-16(3)12-11(14)6-10(7-13)8-15-12/h6,8-9H,4-5,14H2,1-3H3. The molecule has 0 radical (unpaired) electrons. The van der Waals surface area contributed by atoms with Crippen molar-refractivity contribution in [3.05, 3.63) is 17.8 Å². The van der Waals surface area contributed by atoms with Gasteiger partial charge in [-0.3, -0.25) is 0 Å². The fourth-order valence-electron chi connectivity index (χ4n) is 1.41. The summed E-state index contributed by atoms with van der Waals surface area (Å²) < 4.78 is 0. The van der Waals surface area contributed by atoms with Crippen LogP contribution in [0.3, 0.4) is 0 Å². The van der Waals surface area contributed by atoms with Crippen molar-refractivity contribution >= 4 is 11.5 Å². The maximum atomic E-state index is 8.71. The molecule has 1 heterocycles. The van der Waals surface area contributed by atoms with Crippen LogP contribution in [0.5, 0.6) is 0 Å². The van der Waals surface area contributed by atoms with Crippen molar-refractivity contribution in [2.45, 2.75) is 20.3 Å². The van der Waals surface area contributed by atoms with Gasteiger partial charge in [0.1, 0.15) is 6.07 Å². The molecule has 1 aromatic rings. The maximum absolute atomic E-state index is 8.71. The third-order valence-electron chi connectivity index (χ3n) is 2.43. The van der Waals surface area contributed by atoms with Gasteiger partial charge in [0.05, 0.1) is 11.3 Å². The number of nitrogen functional groups attached to an aromatic ring is 1. The van der Waals surface area contributed by atoms with Gasteiger partial charge in [0.2, 0.25) is 0 Å². The van der Waals surface area contributed by atoms with Crippen molar-refractivity contribution in [2.75, 3.05) is 24.2 Å². The molecule has 16 heavy (non-hydrogen) atoms. The molecule has 0 amide bonds. The van der Waals surface area contributed by atoms with E-state index in [-0.39, 0.29) is 0 Å². The van der Waals surface area contributed by atoms with E-state index < -0.39 is 0 Å². The minimum absolute atomic E-state index is 0.499. The first-order chi connectivity index (χ1) is 7.54. The zero-order chi connectivity index (χ0) is 12.1. The van der Waals surface area contributed by atoms with E-state index in [4.69, 9.17) is 11.0 Å². The molecule has 2 N–H and O–H groups in total. The summed E-state index contributed by atoms with van der Waals surface area (Å²) in [6.45, 7) is 5.29. The van der Waals surface area contributed by atoms with Gasteiger partial charge in [0, 0.05) is 19.8 Å². The summed E-state index contributed by atoms with van der Waals surface area (Å²) in [5.74, 6) is 1.40. The minimum Gasteiger partial charge on any atom is -0.396 e. The molecule has 0 unspecified atom stereocenters. The van der Waals surface area contributed by atoms with Crippen molar-refractivity contribution in [1.82, 2.24) is 4.98 Å². The van der Waals surface area contributed by atoms with Gasteiger partial charge < -0.3 is 10.6 Å². The highest BCUT2D eigenvalue weighted by Gasteiger charge is 2.08. The molecule has 0 spiro atoms. The monoisotopic (exact) mass is 218 g/mol. The van der Waals surface area contributed by atoms with Gasteiger partial charge in [-0.05, 0) is 18.4 Å². The van der Waals surface area contributed by atoms with Gasteiger partial charge in [-0.1, -0.05) is 13.8 Å². The van der Waals surface area contributed by atoms with E-state index >= 15 is 0 Å². The molecule has 0 aromatic carbocycles. The average Bonchev–Trinajstić information content (AvgIpc) is 2.25. The Bertz CT molecular complexity index is 392. The third-order valence-corrected chi connectivity index (χ3v) is 2.43. The third kappa shape index (κ3) is 3.13. The molecule has 0 aliphatic heterocycles. The predicted octanol–water partition coefficient (Wildman–Crippen LogP) is 2.02. The second-order valence-electron chi connectivity index (χ2n) is 4.35. The van der Waals surface area contributed by atoms with Crippen LogP contribution >= 0.6 is 0 Å². The molecule has 0 atom stereocenters. The summed E-state index contributed by atoms with van der Waals surface area (Å²) in [4.78, 5) is 6.23. The zero-order valence-electron chi connectivity index (χ0n) is 10.1. The van der Waals surface area contributed by atoms with Gasteiger partial charge in [-0.25, -0.2) is 4.98 Å². The van der Waals surface area contributed by atoms with Gasteiger partial charge in [-0.2, -0.15) is 5.26 Å². The van der Waals surface area contributed by atoms with Gasteiger partial charge in [0.15, 0.2) is 5.82 Å². The topological polar surface area (TPSA) is 65.9 Å². The van der Waals surface area contributed by atoms with E-state index in [0.717, 1.165) is 18.8 Å². The second-order valence-corrected chi connectivity index (χ2v) is 4.35. The SMILES string of the molecule is CC(C)CCN(C)c1ncc(C#N)cc1N. The van der Waals surface area contributed by atoms with E-state index in [1.165, 1.54) is 0 Å². The van der Waals surface area contributed by atoms with Crippen LogP contribution in [0.1, 0.15) is 25.8 Å². The van der Waals surface area contributed by atoms with Crippen LogP contribution in [0.25, 0.3) is 0 Å². The molecule has 86 valence electrons. The Kier molecular flexibility index (Phi) is 4.12. The number of anilines is 2. The molecule has 1 aromatic heterocycles. The molecular weight excluding hydrogens is 200 g/mol. The number of pyridine rings is 1. The lowest BCUT2D eigenvalue weighted by Gasteiger charge is -2.20. The normalized spacial score (nSPS) is 10.2. The van der Waals surface area contributed by atoms with Gasteiger partial charge >= 0.3 is 0 Å². The van der Waals surface area contributed by atoms with E-state index in [9.17, 15) is 0 Å². The van der Waals surface area contributed by atoms with Gasteiger partial charge in [0.25, 0.3) is 0 Å². The number of nitrogens with zero attached hydrogens (tertiary/aromatic N) is 3. The van der Waals surface area contributed by atoms with Crippen LogP contribution in [-0.2, 0) is 0 Å². The van der Waals surface area contributed by atoms with Crippen molar-refractivity contribution in [3.63, 3.8) is 0 Å². The summed E-state index contributed by atoms with van der Waals surface area (Å²) in [7, 11) is 1.97. The van der Waals surface area contributed by atoms with Crippen molar-refractivity contribution in [2.24, 2.45) is 5.92 Å². The summed E-state index contributed by atoms with van der Waals surface area (Å²) in [5.41, 5.74) is 6.91. The van der Waals surface area contributed by atoms with Crippen LogP contribution in [0.2, 0.25) is 0 Å². The predicted molar refractivity (Wildman–Crippen MR) is 66.1 cm³/mol. The first kappa shape index (κ1) is 12.3. The van der Waals surface area contributed by atoms with Crippen LogP contribution in [-0.4, -0.2) is 18.6 Å². The van der Waals surface area contributed by atoms with E-state index in [0.29, 0.717) is 17.2 Å². The van der Waals surface area contributed by atoms with Crippen LogP contribution in [0, 0.1) is 17.2 Å². The average molecular weight is 218 g/mol. The highest BCUT2D eigenvalue weighted by Crippen LogP contribution is 2.20. The highest BCUT2D eigenvalue weighted by molar-refractivity contribution is 5.64. The molecule has 0 fully saturated rings. The van der Waals surface area contributed by atoms with Gasteiger partial charge in [-0.15, -0.1) is 0 Å². The summed E-state index contributed by atoms with van der Waals surface area (Å²) in [6, 6.07) is 3.68. The number of hydrogen-bond donors (Lipinski definition) is 1. The summed E-state index contributed by atoms with van der Waals surface area (Å²) >= 11 is 0. The van der Waals surface area contributed by atoms with Crippen molar-refractivity contribution < 1.29 is 0 Å². The van der Waals surface area contributed by atoms with Crippen LogP contribution in [0.4, 0.5) is 11.5 Å². The number of hydrogen-bond acceptors (Lipinski definition) is 4. The zero-order valence-corrected chi connectivity index (χ0v) is 10.1. The number of aromatic nitrogens is 1. The Morgan fingerprint density at radius 3 is 2.75 bits per heavy atom. The minimum atomic E-state index is 0.499. The largest absolute Gasteiger partial charge is 0.396 e. The highest BCUT2D eigenvalue weighted by atomic mass is 15.2. The Hall–Kier alpha value is -1.76. The molecule has 0 aliphatic rings. The molecule has 0 aliphatic carbocycles. The maximum Gasteiger partial charge on any atom is 0.151 e. The first-order valence-electron chi connectivity index (χ1n) is 5.41. The molecule has 0 bridgehead atoms. The second kappa shape index (κ2) is 5.36. The summed E-state index contributed by atoms with van der Waals surface area (Å²) in [6.07, 6.45) is 2.65. The smallest absolute Gasteiger partial charge is 0.151 e. The lowest BCUT2D eigenvalue weighted by molar-refractivity contribution is 0.584. The molecule has 1 rings (SSSR count). The fourth-order valence-corrected chi connectivity index (χ4v) is 1.41. The molecular formula is C12H18N4. The van der Waals surface area contributed by atoms with Crippen molar-refractivity contribution in [3.8, 4) is 6.07 Å². The fraction of sp³-hybridized carbons (Fsp3) is 0.500. The van der Waals surface area contributed by atoms with E-state index in [1.54, 1.807) is 12.3 Å².